The summed E-state index contributed by atoms with van der Waals surface area (Å²) >= 11 is 0. The Labute approximate surface area is 161 Å². The van der Waals surface area contributed by atoms with E-state index in [9.17, 15) is 0 Å². The number of rotatable bonds is 8. The Kier molecular flexibility index (Phi) is 50.8. The summed E-state index contributed by atoms with van der Waals surface area (Å²) in [5.41, 5.74) is 0. The maximum absolute atomic E-state index is 8.88. The number of aliphatic hydroxyl groups excluding tert-OH is 1. The summed E-state index contributed by atoms with van der Waals surface area (Å²) in [6, 6.07) is 0. The Balaban J connectivity index is -0.0000000708. The third-order valence-electron chi connectivity index (χ3n) is 1.91. The molecule has 0 aliphatic rings. The van der Waals surface area contributed by atoms with E-state index in [0.717, 1.165) is 39.3 Å². The van der Waals surface area contributed by atoms with Crippen molar-refractivity contribution in [3.05, 3.63) is 0 Å². The smallest absolute Gasteiger partial charge is 0.368 e. The fraction of sp³-hybridized carbons (Fsp3) is 1.00. The minimum Gasteiger partial charge on any atom is -0.368 e. The number of hydrogen-bond donors (Lipinski definition) is 7. The van der Waals surface area contributed by atoms with Crippen molar-refractivity contribution in [1.29, 1.82) is 0 Å². The highest BCUT2D eigenvalue weighted by Gasteiger charge is 2.00. The van der Waals surface area contributed by atoms with Crippen LogP contribution in [-0.4, -0.2) is 72.0 Å². The Bertz CT molecular complexity index is 215. The van der Waals surface area contributed by atoms with Crippen LogP contribution in [0.3, 0.4) is 0 Å². The Morgan fingerprint density at radius 1 is 0.731 bits per heavy atom. The molecule has 7 N–H and O–H groups in total. The van der Waals surface area contributed by atoms with Gasteiger partial charge in [-0.15, -0.1) is 0 Å². The molecule has 0 aromatic heterocycles. The first-order valence-electron chi connectivity index (χ1n) is 9.21. The first-order valence-corrected chi connectivity index (χ1v) is 10.8. The van der Waals surface area contributed by atoms with Gasteiger partial charge in [-0.05, 0) is 53.1 Å². The highest BCUT2D eigenvalue weighted by molar-refractivity contribution is 7.45. The molecule has 0 aromatic carbocycles. The lowest BCUT2D eigenvalue weighted by Crippen LogP contribution is -2.09. The predicted octanol–water partition coefficient (Wildman–Crippen LogP) is 1.28. The van der Waals surface area contributed by atoms with Gasteiger partial charge in [0.15, 0.2) is 6.29 Å². The quantitative estimate of drug-likeness (QED) is 0.234. The summed E-state index contributed by atoms with van der Waals surface area (Å²) in [5, 5.41) is 17.7. The standard InChI is InChI=1S/3C4H11N.C4H10O2.H3O4P/c3*1-3-5-4-2;1-3-6-4(2)5;1-5(2,3)4/h3*5H,3-4H2,1-2H3;4-5H,3H2,1-2H3;(H3,1,2,3,4). The van der Waals surface area contributed by atoms with Crippen molar-refractivity contribution in [2.24, 2.45) is 0 Å². The summed E-state index contributed by atoms with van der Waals surface area (Å²) in [4.78, 5) is 21.6. The van der Waals surface area contributed by atoms with Gasteiger partial charge in [0, 0.05) is 6.61 Å². The molecule has 0 spiro atoms. The molecule has 0 bridgehead atoms. The van der Waals surface area contributed by atoms with Gasteiger partial charge < -0.3 is 40.5 Å². The zero-order valence-corrected chi connectivity index (χ0v) is 19.0. The van der Waals surface area contributed by atoms with Crippen molar-refractivity contribution >= 4 is 7.82 Å². The van der Waals surface area contributed by atoms with Gasteiger partial charge in [0.2, 0.25) is 0 Å². The van der Waals surface area contributed by atoms with Gasteiger partial charge >= 0.3 is 7.82 Å². The van der Waals surface area contributed by atoms with Crippen molar-refractivity contribution in [2.45, 2.75) is 61.7 Å². The van der Waals surface area contributed by atoms with E-state index in [0.29, 0.717) is 6.61 Å². The number of aliphatic hydroxyl groups is 1. The second kappa shape index (κ2) is 35.9. The maximum Gasteiger partial charge on any atom is 0.466 e. The molecule has 10 heteroatoms. The normalized spacial score (nSPS) is 10.5. The van der Waals surface area contributed by atoms with E-state index in [2.05, 4.69) is 62.2 Å². The molecule has 0 fully saturated rings. The van der Waals surface area contributed by atoms with Gasteiger partial charge in [-0.1, -0.05) is 41.5 Å². The summed E-state index contributed by atoms with van der Waals surface area (Å²) in [6.45, 7) is 23.2. The van der Waals surface area contributed by atoms with Crippen LogP contribution in [0.1, 0.15) is 55.4 Å². The fourth-order valence-electron chi connectivity index (χ4n) is 0.991. The zero-order chi connectivity index (χ0) is 21.9. The van der Waals surface area contributed by atoms with Crippen LogP contribution in [0.25, 0.3) is 0 Å². The average molecular weight is 408 g/mol. The van der Waals surface area contributed by atoms with E-state index >= 15 is 0 Å². The van der Waals surface area contributed by atoms with Crippen molar-refractivity contribution in [2.75, 3.05) is 45.9 Å². The van der Waals surface area contributed by atoms with E-state index in [1.165, 1.54) is 0 Å². The average Bonchev–Trinajstić information content (AvgIpc) is 2.50. The molecule has 0 radical (unpaired) electrons. The molecule has 1 unspecified atom stereocenters. The Hall–Kier alpha value is -0.0900. The number of ether oxygens (including phenoxy) is 1. The fourth-order valence-corrected chi connectivity index (χ4v) is 0.991. The van der Waals surface area contributed by atoms with Crippen molar-refractivity contribution < 1.29 is 29.1 Å². The molecule has 0 aliphatic carbocycles. The summed E-state index contributed by atoms with van der Waals surface area (Å²) in [7, 11) is -4.64. The van der Waals surface area contributed by atoms with E-state index < -0.39 is 14.1 Å². The topological polar surface area (TPSA) is 143 Å². The highest BCUT2D eigenvalue weighted by Crippen LogP contribution is 2.25. The summed E-state index contributed by atoms with van der Waals surface area (Å²) in [6.07, 6.45) is -0.602. The van der Waals surface area contributed by atoms with Gasteiger partial charge in [-0.2, -0.15) is 0 Å². The van der Waals surface area contributed by atoms with Crippen LogP contribution in [0.15, 0.2) is 0 Å². The SMILES string of the molecule is CCNCC.CCNCC.CCNCC.CCOC(C)O.O=P(O)(O)O. The molecule has 0 aliphatic heterocycles. The van der Waals surface area contributed by atoms with E-state index in [1.54, 1.807) is 6.92 Å². The molecule has 1 atom stereocenters. The third-order valence-corrected chi connectivity index (χ3v) is 1.91. The first-order chi connectivity index (χ1) is 12.0. The van der Waals surface area contributed by atoms with Gasteiger partial charge in [0.05, 0.1) is 0 Å². The third kappa shape index (κ3) is 158. The van der Waals surface area contributed by atoms with Gasteiger partial charge in [-0.3, -0.25) is 0 Å². The molecule has 0 rings (SSSR count). The van der Waals surface area contributed by atoms with E-state index in [1.807, 2.05) is 6.92 Å². The van der Waals surface area contributed by atoms with E-state index in [-0.39, 0.29) is 0 Å². The van der Waals surface area contributed by atoms with E-state index in [4.69, 9.17) is 24.4 Å². The Morgan fingerprint density at radius 2 is 0.923 bits per heavy atom. The van der Waals surface area contributed by atoms with Crippen LogP contribution in [-0.2, 0) is 9.30 Å². The molecule has 9 nitrogen and oxygen atoms in total. The van der Waals surface area contributed by atoms with Crippen LogP contribution in [0, 0.1) is 0 Å². The van der Waals surface area contributed by atoms with Gasteiger partial charge in [-0.25, -0.2) is 4.57 Å². The van der Waals surface area contributed by atoms with Crippen LogP contribution in [0.5, 0.6) is 0 Å². The Morgan fingerprint density at radius 3 is 0.923 bits per heavy atom. The van der Waals surface area contributed by atoms with Crippen LogP contribution >= 0.6 is 7.82 Å². The second-order valence-corrected chi connectivity index (χ2v) is 5.47. The number of hydrogen-bond acceptors (Lipinski definition) is 6. The second-order valence-electron chi connectivity index (χ2n) is 4.44. The largest absolute Gasteiger partial charge is 0.466 e. The molecule has 0 aromatic rings. The lowest BCUT2D eigenvalue weighted by molar-refractivity contribution is -0.0800. The zero-order valence-electron chi connectivity index (χ0n) is 18.1. The van der Waals surface area contributed by atoms with Crippen LogP contribution in [0.4, 0.5) is 0 Å². The lowest BCUT2D eigenvalue weighted by atomic mass is 10.7. The molecular formula is C16H46N3O6P. The van der Waals surface area contributed by atoms with Crippen LogP contribution in [0.2, 0.25) is 0 Å². The molecule has 0 heterocycles. The van der Waals surface area contributed by atoms with Crippen LogP contribution < -0.4 is 16.0 Å². The molecule has 0 saturated heterocycles. The van der Waals surface area contributed by atoms with Crippen molar-refractivity contribution in [3.63, 3.8) is 0 Å². The maximum atomic E-state index is 8.88. The number of nitrogens with one attached hydrogen (secondary N) is 3. The molecule has 0 saturated carbocycles. The predicted molar refractivity (Wildman–Crippen MR) is 110 cm³/mol. The van der Waals surface area contributed by atoms with Gasteiger partial charge in [0.1, 0.15) is 0 Å². The first kappa shape index (κ1) is 36.8. The summed E-state index contributed by atoms with van der Waals surface area (Å²) < 4.78 is 13.5. The molecule has 166 valence electrons. The molecule has 0 amide bonds. The lowest BCUT2D eigenvalue weighted by Gasteiger charge is -1.99. The monoisotopic (exact) mass is 407 g/mol. The highest BCUT2D eigenvalue weighted by atomic mass is 31.2. The summed E-state index contributed by atoms with van der Waals surface area (Å²) in [5.74, 6) is 0. The number of phosphoric acid groups is 1. The molecular weight excluding hydrogens is 361 g/mol. The minimum absolute atomic E-state index is 0.581. The molecule has 26 heavy (non-hydrogen) atoms. The van der Waals surface area contributed by atoms with Crippen molar-refractivity contribution in [1.82, 2.24) is 16.0 Å². The van der Waals surface area contributed by atoms with Crippen molar-refractivity contribution in [3.8, 4) is 0 Å². The van der Waals surface area contributed by atoms with Gasteiger partial charge in [0.25, 0.3) is 0 Å². The minimum atomic E-state index is -4.64.